The van der Waals surface area contributed by atoms with Gasteiger partial charge in [-0.3, -0.25) is 9.80 Å². The molecule has 1 amide bonds. The fraction of sp³-hybridized carbons (Fsp3) is 0.333. The third kappa shape index (κ3) is 5.38. The van der Waals surface area contributed by atoms with Gasteiger partial charge in [0.15, 0.2) is 0 Å². The smallest absolute Gasteiger partial charge is 0.418 e. The molecule has 0 atom stereocenters. The van der Waals surface area contributed by atoms with Crippen LogP contribution in [0, 0.1) is 0 Å². The largest absolute Gasteiger partial charge is 0.548 e. The molecule has 7 nitrogen and oxygen atoms in total. The summed E-state index contributed by atoms with van der Waals surface area (Å²) in [6.45, 7) is 0.546. The maximum absolute atomic E-state index is 13.0. The zero-order valence-electron chi connectivity index (χ0n) is 11.6. The van der Waals surface area contributed by atoms with Crippen LogP contribution in [0.5, 0.6) is 0 Å². The van der Waals surface area contributed by atoms with Crippen molar-refractivity contribution in [1.29, 1.82) is 0 Å². The van der Waals surface area contributed by atoms with Crippen molar-refractivity contribution in [3.8, 4) is 0 Å². The lowest BCUT2D eigenvalue weighted by molar-refractivity contribution is -0.306. The van der Waals surface area contributed by atoms with Crippen LogP contribution in [-0.2, 0) is 15.8 Å². The lowest BCUT2D eigenvalue weighted by Crippen LogP contribution is -2.33. The van der Waals surface area contributed by atoms with E-state index >= 15 is 0 Å². The van der Waals surface area contributed by atoms with Crippen LogP contribution in [0.4, 0.5) is 24.5 Å². The van der Waals surface area contributed by atoms with Crippen LogP contribution in [0.3, 0.4) is 0 Å². The number of carbonyl (C=O) groups is 2. The third-order valence-corrected chi connectivity index (χ3v) is 2.29. The van der Waals surface area contributed by atoms with E-state index in [1.807, 2.05) is 0 Å². The second kappa shape index (κ2) is 6.87. The molecule has 1 rings (SSSR count). The quantitative estimate of drug-likeness (QED) is 0.654. The summed E-state index contributed by atoms with van der Waals surface area (Å²) < 4.78 is 38.9. The molecule has 0 radical (unpaired) electrons. The molecule has 1 aromatic carbocycles. The number of alkyl halides is 3. The molecule has 0 spiro atoms. The molecule has 0 unspecified atom stereocenters. The highest BCUT2D eigenvalue weighted by Crippen LogP contribution is 2.38. The first-order chi connectivity index (χ1) is 10.1. The summed E-state index contributed by atoms with van der Waals surface area (Å²) in [5, 5.41) is 20.1. The number of aliphatic carboxylic acids is 1. The summed E-state index contributed by atoms with van der Waals surface area (Å²) in [6, 6.07) is 2.96. The molecule has 0 fully saturated rings. The molecule has 1 N–H and O–H groups in total. The van der Waals surface area contributed by atoms with Gasteiger partial charge in [0, 0.05) is 19.7 Å². The molecule has 0 saturated heterocycles. The van der Waals surface area contributed by atoms with Crippen molar-refractivity contribution >= 4 is 23.3 Å². The van der Waals surface area contributed by atoms with E-state index in [0.717, 1.165) is 18.0 Å². The Labute approximate surface area is 123 Å². The van der Waals surface area contributed by atoms with E-state index in [9.17, 15) is 27.9 Å². The molecule has 0 saturated carbocycles. The van der Waals surface area contributed by atoms with Gasteiger partial charge in [0.2, 0.25) is 5.91 Å². The summed E-state index contributed by atoms with van der Waals surface area (Å²) in [6.07, 6.45) is -4.71. The monoisotopic (exact) mass is 317 g/mol. The summed E-state index contributed by atoms with van der Waals surface area (Å²) in [4.78, 5) is 21.2. The maximum atomic E-state index is 13.0. The van der Waals surface area contributed by atoms with E-state index in [0.29, 0.717) is 6.07 Å². The van der Waals surface area contributed by atoms with E-state index in [1.54, 1.807) is 0 Å². The number of carboxylic acids is 1. The molecule has 0 aliphatic carbocycles. The molecule has 0 aromatic heterocycles. The second-order valence-electron chi connectivity index (χ2n) is 4.29. The Morgan fingerprint density at radius 1 is 1.36 bits per heavy atom. The van der Waals surface area contributed by atoms with Gasteiger partial charge in [-0.25, -0.2) is 0 Å². The van der Waals surface area contributed by atoms with Gasteiger partial charge in [-0.1, -0.05) is 5.22 Å². The molecule has 120 valence electrons. The summed E-state index contributed by atoms with van der Waals surface area (Å²) in [7, 11) is 1.22. The minimum absolute atomic E-state index is 0.0399. The van der Waals surface area contributed by atoms with Crippen molar-refractivity contribution in [3.05, 3.63) is 23.8 Å². The van der Waals surface area contributed by atoms with E-state index in [2.05, 4.69) is 15.7 Å². The molecule has 1 aromatic rings. The Hall–Kier alpha value is -2.65. The number of carbonyl (C=O) groups excluding carboxylic acids is 2. The number of carboxylic acid groups (broad SMARTS) is 1. The van der Waals surface area contributed by atoms with E-state index < -0.39 is 35.8 Å². The molecule has 22 heavy (non-hydrogen) atoms. The predicted octanol–water partition coefficient (Wildman–Crippen LogP) is 1.34. The first-order valence-corrected chi connectivity index (χ1v) is 5.91. The van der Waals surface area contributed by atoms with Gasteiger partial charge in [0.05, 0.1) is 23.8 Å². The zero-order chi connectivity index (χ0) is 16.9. The summed E-state index contributed by atoms with van der Waals surface area (Å²) >= 11 is 0. The van der Waals surface area contributed by atoms with Gasteiger partial charge in [0.25, 0.3) is 0 Å². The summed E-state index contributed by atoms with van der Waals surface area (Å²) in [5.74, 6) is -1.96. The standard InChI is InChI=1S/C12H13F3N4O3/c1-7(20)16-8-3-4-10(9(5-8)12(13,14)15)17-18-19(2)6-11(21)22/h3-5H,6H2,1-2H3,(H,16,20)(H,21,22)/p-1. The molecular formula is C12H12F3N4O3-. The minimum atomic E-state index is -4.71. The van der Waals surface area contributed by atoms with Gasteiger partial charge in [-0.2, -0.15) is 13.2 Å². The number of nitrogens with one attached hydrogen (secondary N) is 1. The highest BCUT2D eigenvalue weighted by molar-refractivity contribution is 5.89. The van der Waals surface area contributed by atoms with Gasteiger partial charge < -0.3 is 15.2 Å². The van der Waals surface area contributed by atoms with Crippen molar-refractivity contribution in [2.24, 2.45) is 10.3 Å². The van der Waals surface area contributed by atoms with Crippen LogP contribution in [0.1, 0.15) is 12.5 Å². The molecule has 0 heterocycles. The normalized spacial score (nSPS) is 11.5. The Kier molecular flexibility index (Phi) is 5.44. The Balaban J connectivity index is 3.10. The van der Waals surface area contributed by atoms with Crippen molar-refractivity contribution in [2.45, 2.75) is 13.1 Å². The lowest BCUT2D eigenvalue weighted by atomic mass is 10.1. The van der Waals surface area contributed by atoms with Crippen LogP contribution in [-0.4, -0.2) is 30.5 Å². The highest BCUT2D eigenvalue weighted by Gasteiger charge is 2.34. The third-order valence-electron chi connectivity index (χ3n) is 2.29. The number of nitrogens with zero attached hydrogens (tertiary/aromatic N) is 3. The Bertz CT molecular complexity index is 602. The first kappa shape index (κ1) is 17.4. The Morgan fingerprint density at radius 3 is 2.50 bits per heavy atom. The fourth-order valence-corrected chi connectivity index (χ4v) is 1.47. The van der Waals surface area contributed by atoms with Crippen molar-refractivity contribution < 1.29 is 27.9 Å². The average molecular weight is 317 g/mol. The van der Waals surface area contributed by atoms with Crippen LogP contribution >= 0.6 is 0 Å². The second-order valence-corrected chi connectivity index (χ2v) is 4.29. The number of benzene rings is 1. The number of anilines is 1. The van der Waals surface area contributed by atoms with E-state index in [4.69, 9.17) is 0 Å². The number of rotatable bonds is 5. The lowest BCUT2D eigenvalue weighted by Gasteiger charge is -2.14. The molecule has 0 aliphatic heterocycles. The van der Waals surface area contributed by atoms with Gasteiger partial charge in [0.1, 0.15) is 0 Å². The molecule has 10 heteroatoms. The van der Waals surface area contributed by atoms with Crippen molar-refractivity contribution in [3.63, 3.8) is 0 Å². The number of amides is 1. The molecular weight excluding hydrogens is 305 g/mol. The van der Waals surface area contributed by atoms with Crippen LogP contribution in [0.25, 0.3) is 0 Å². The zero-order valence-corrected chi connectivity index (χ0v) is 11.6. The minimum Gasteiger partial charge on any atom is -0.548 e. The van der Waals surface area contributed by atoms with E-state index in [1.165, 1.54) is 13.1 Å². The SMILES string of the molecule is CC(=O)Nc1ccc(N=NN(C)CC(=O)[O-])c(C(F)(F)F)c1. The van der Waals surface area contributed by atoms with Crippen LogP contribution in [0.15, 0.2) is 28.5 Å². The van der Waals surface area contributed by atoms with Crippen LogP contribution in [0.2, 0.25) is 0 Å². The van der Waals surface area contributed by atoms with Gasteiger partial charge in [-0.15, -0.1) is 5.11 Å². The van der Waals surface area contributed by atoms with Gasteiger partial charge >= 0.3 is 6.18 Å². The maximum Gasteiger partial charge on any atom is 0.418 e. The predicted molar refractivity (Wildman–Crippen MR) is 67.9 cm³/mol. The van der Waals surface area contributed by atoms with Crippen molar-refractivity contribution in [1.82, 2.24) is 5.01 Å². The van der Waals surface area contributed by atoms with Gasteiger partial charge in [-0.05, 0) is 18.2 Å². The molecule has 0 bridgehead atoms. The Morgan fingerprint density at radius 2 is 2.00 bits per heavy atom. The average Bonchev–Trinajstić information content (AvgIpc) is 2.34. The number of hydrogen-bond acceptors (Lipinski definition) is 5. The topological polar surface area (TPSA) is 97.2 Å². The molecule has 0 aliphatic rings. The number of likely N-dealkylation sites (N-methyl/N-ethyl adjacent to an activating group) is 1. The van der Waals surface area contributed by atoms with Crippen molar-refractivity contribution in [2.75, 3.05) is 18.9 Å². The van der Waals surface area contributed by atoms with Crippen LogP contribution < -0.4 is 10.4 Å². The first-order valence-electron chi connectivity index (χ1n) is 5.91. The van der Waals surface area contributed by atoms with E-state index in [-0.39, 0.29) is 5.69 Å². The summed E-state index contributed by atoms with van der Waals surface area (Å²) in [5.41, 5.74) is -1.65. The highest BCUT2D eigenvalue weighted by atomic mass is 19.4. The number of hydrogen-bond donors (Lipinski definition) is 1. The fourth-order valence-electron chi connectivity index (χ4n) is 1.47. The number of halogens is 3.